The van der Waals surface area contributed by atoms with Gasteiger partial charge in [-0.3, -0.25) is 4.79 Å². The molecule has 1 radical (unpaired) electrons. The van der Waals surface area contributed by atoms with Gasteiger partial charge in [0.05, 0.1) is 23.2 Å². The molecule has 1 N–H and O–H groups in total. The van der Waals surface area contributed by atoms with Crippen LogP contribution in [0.1, 0.15) is 47.5 Å². The number of rotatable bonds is 7. The van der Waals surface area contributed by atoms with E-state index in [0.717, 1.165) is 12.8 Å². The monoisotopic (exact) mass is 267 g/mol. The highest BCUT2D eigenvalue weighted by atomic mass is 16.5. The van der Waals surface area contributed by atoms with E-state index in [1.807, 2.05) is 19.9 Å². The Morgan fingerprint density at radius 2 is 1.95 bits per heavy atom. The number of carbonyl (C=O) groups excluding carboxylic acids is 1. The molecule has 19 heavy (non-hydrogen) atoms. The molecule has 0 spiro atoms. The van der Waals surface area contributed by atoms with Gasteiger partial charge in [-0.1, -0.05) is 12.1 Å². The zero-order valence-corrected chi connectivity index (χ0v) is 12.5. The highest BCUT2D eigenvalue weighted by molar-refractivity contribution is 6.34. The van der Waals surface area contributed by atoms with Gasteiger partial charge in [-0.2, -0.15) is 0 Å². The SMILES string of the molecule is CCOC(=O)C1(C=C[B]OC(C)(C)C(C)(C)O)CC1. The first-order valence-electron chi connectivity index (χ1n) is 6.73. The minimum atomic E-state index is -0.949. The standard InChI is InChI=1S/C14H24BO4/c1-6-18-11(16)14(7-8-14)9-10-15-19-13(4,5)12(2,3)17/h9-10,17H,6-8H2,1-5H3. The molecule has 1 aliphatic carbocycles. The fourth-order valence-corrected chi connectivity index (χ4v) is 1.43. The van der Waals surface area contributed by atoms with Gasteiger partial charge in [0.1, 0.15) is 0 Å². The van der Waals surface area contributed by atoms with Crippen molar-refractivity contribution in [3.63, 3.8) is 0 Å². The van der Waals surface area contributed by atoms with Crippen LogP contribution in [-0.2, 0) is 14.2 Å². The Morgan fingerprint density at radius 3 is 2.37 bits per heavy atom. The minimum Gasteiger partial charge on any atom is -0.465 e. The summed E-state index contributed by atoms with van der Waals surface area (Å²) in [6.45, 7) is 9.24. The number of ether oxygens (including phenoxy) is 1. The molecule has 0 saturated heterocycles. The van der Waals surface area contributed by atoms with E-state index in [1.165, 1.54) is 7.48 Å². The molecule has 0 amide bonds. The predicted molar refractivity (Wildman–Crippen MR) is 74.7 cm³/mol. The molecular formula is C14H24BO4. The zero-order chi connectivity index (χ0) is 14.7. The van der Waals surface area contributed by atoms with Gasteiger partial charge in [-0.05, 0) is 47.5 Å². The topological polar surface area (TPSA) is 55.8 Å². The molecule has 0 aromatic rings. The van der Waals surface area contributed by atoms with Gasteiger partial charge in [0, 0.05) is 0 Å². The maximum atomic E-state index is 11.7. The largest absolute Gasteiger partial charge is 0.465 e. The Kier molecular flexibility index (Phi) is 4.85. The fourth-order valence-electron chi connectivity index (χ4n) is 1.43. The van der Waals surface area contributed by atoms with Crippen LogP contribution < -0.4 is 0 Å². The van der Waals surface area contributed by atoms with Crippen LogP contribution in [0.2, 0.25) is 0 Å². The number of carbonyl (C=O) groups is 1. The third-order valence-electron chi connectivity index (χ3n) is 3.80. The van der Waals surface area contributed by atoms with E-state index in [4.69, 9.17) is 9.39 Å². The van der Waals surface area contributed by atoms with Crippen LogP contribution in [0.15, 0.2) is 12.1 Å². The molecule has 0 aromatic heterocycles. The van der Waals surface area contributed by atoms with Gasteiger partial charge in [-0.25, -0.2) is 0 Å². The van der Waals surface area contributed by atoms with Crippen LogP contribution in [0.3, 0.4) is 0 Å². The van der Waals surface area contributed by atoms with E-state index in [1.54, 1.807) is 26.7 Å². The molecule has 107 valence electrons. The van der Waals surface area contributed by atoms with Crippen LogP contribution in [0.5, 0.6) is 0 Å². The van der Waals surface area contributed by atoms with Crippen LogP contribution in [0, 0.1) is 5.41 Å². The smallest absolute Gasteiger partial charge is 0.322 e. The summed E-state index contributed by atoms with van der Waals surface area (Å²) in [5.74, 6) is 1.55. The van der Waals surface area contributed by atoms with Gasteiger partial charge >= 0.3 is 13.5 Å². The van der Waals surface area contributed by atoms with Crippen LogP contribution in [0.4, 0.5) is 0 Å². The minimum absolute atomic E-state index is 0.165. The van der Waals surface area contributed by atoms with E-state index in [2.05, 4.69) is 0 Å². The van der Waals surface area contributed by atoms with Gasteiger partial charge in [0.2, 0.25) is 0 Å². The maximum Gasteiger partial charge on any atom is 0.322 e. The number of aliphatic hydroxyl groups is 1. The number of hydrogen-bond acceptors (Lipinski definition) is 4. The van der Waals surface area contributed by atoms with Gasteiger partial charge < -0.3 is 14.5 Å². The lowest BCUT2D eigenvalue weighted by atomic mass is 9.86. The quantitative estimate of drug-likeness (QED) is 0.566. The Labute approximate surface area is 116 Å². The van der Waals surface area contributed by atoms with E-state index in [9.17, 15) is 9.90 Å². The van der Waals surface area contributed by atoms with Gasteiger partial charge in [0.25, 0.3) is 0 Å². The highest BCUT2D eigenvalue weighted by Gasteiger charge is 2.48. The number of esters is 1. The van der Waals surface area contributed by atoms with Crippen molar-refractivity contribution in [2.75, 3.05) is 6.61 Å². The van der Waals surface area contributed by atoms with Crippen molar-refractivity contribution in [1.82, 2.24) is 0 Å². The zero-order valence-electron chi connectivity index (χ0n) is 12.5. The maximum absolute atomic E-state index is 11.7. The lowest BCUT2D eigenvalue weighted by molar-refractivity contribution is -0.147. The molecule has 0 aromatic carbocycles. The first-order chi connectivity index (χ1) is 8.65. The Hall–Kier alpha value is -0.805. The van der Waals surface area contributed by atoms with Crippen molar-refractivity contribution in [2.45, 2.75) is 58.7 Å². The van der Waals surface area contributed by atoms with Crippen molar-refractivity contribution in [3.8, 4) is 0 Å². The van der Waals surface area contributed by atoms with E-state index >= 15 is 0 Å². The van der Waals surface area contributed by atoms with Crippen LogP contribution in [0.25, 0.3) is 0 Å². The van der Waals surface area contributed by atoms with Gasteiger partial charge in [0.15, 0.2) is 0 Å². The predicted octanol–water partition coefficient (Wildman–Crippen LogP) is 2.03. The second-order valence-electron chi connectivity index (χ2n) is 6.06. The molecule has 1 rings (SSSR count). The summed E-state index contributed by atoms with van der Waals surface area (Å²) >= 11 is 0. The van der Waals surface area contributed by atoms with Crippen LogP contribution in [-0.4, -0.2) is 36.4 Å². The summed E-state index contributed by atoms with van der Waals surface area (Å²) in [5, 5.41) is 9.93. The van der Waals surface area contributed by atoms with Crippen molar-refractivity contribution in [1.29, 1.82) is 0 Å². The summed E-state index contributed by atoms with van der Waals surface area (Å²) in [7, 11) is 1.53. The summed E-state index contributed by atoms with van der Waals surface area (Å²) < 4.78 is 10.6. The molecule has 0 heterocycles. The molecule has 0 unspecified atom stereocenters. The average molecular weight is 267 g/mol. The van der Waals surface area contributed by atoms with E-state index in [0.29, 0.717) is 6.61 Å². The lowest BCUT2D eigenvalue weighted by Gasteiger charge is -2.37. The first kappa shape index (κ1) is 16.2. The molecule has 5 heteroatoms. The Morgan fingerprint density at radius 1 is 1.37 bits per heavy atom. The summed E-state index contributed by atoms with van der Waals surface area (Å²) in [4.78, 5) is 11.7. The van der Waals surface area contributed by atoms with Crippen molar-refractivity contribution in [2.24, 2.45) is 5.41 Å². The molecule has 0 bridgehead atoms. The molecule has 0 aliphatic heterocycles. The van der Waals surface area contributed by atoms with E-state index in [-0.39, 0.29) is 5.97 Å². The number of hydrogen-bond donors (Lipinski definition) is 1. The molecule has 0 atom stereocenters. The highest BCUT2D eigenvalue weighted by Crippen LogP contribution is 2.48. The lowest BCUT2D eigenvalue weighted by Crippen LogP contribution is -2.47. The second-order valence-corrected chi connectivity index (χ2v) is 6.06. The third kappa shape index (κ3) is 4.08. The summed E-state index contributed by atoms with van der Waals surface area (Å²) in [6, 6.07) is 0. The average Bonchev–Trinajstić information content (AvgIpc) is 3.04. The third-order valence-corrected chi connectivity index (χ3v) is 3.80. The first-order valence-corrected chi connectivity index (χ1v) is 6.73. The molecule has 1 fully saturated rings. The summed E-state index contributed by atoms with van der Waals surface area (Å²) in [5.41, 5.74) is -2.09. The fraction of sp³-hybridized carbons (Fsp3) is 0.786. The summed E-state index contributed by atoms with van der Waals surface area (Å²) in [6.07, 6.45) is 3.47. The van der Waals surface area contributed by atoms with Crippen molar-refractivity contribution < 1.29 is 19.3 Å². The molecule has 4 nitrogen and oxygen atoms in total. The second kappa shape index (κ2) is 5.67. The molecule has 1 aliphatic rings. The normalized spacial score (nSPS) is 18.4. The Balaban J connectivity index is 2.46. The Bertz CT molecular complexity index is 351. The molecular weight excluding hydrogens is 243 g/mol. The van der Waals surface area contributed by atoms with Crippen LogP contribution >= 0.6 is 0 Å². The van der Waals surface area contributed by atoms with Crippen molar-refractivity contribution >= 4 is 13.5 Å². The van der Waals surface area contributed by atoms with Crippen molar-refractivity contribution in [3.05, 3.63) is 12.1 Å². The molecule has 1 saturated carbocycles. The van der Waals surface area contributed by atoms with E-state index < -0.39 is 16.6 Å². The van der Waals surface area contributed by atoms with Gasteiger partial charge in [-0.15, -0.1) is 0 Å².